The van der Waals surface area contributed by atoms with Crippen LogP contribution in [-0.2, 0) is 4.79 Å². The maximum absolute atomic E-state index is 10.5. The van der Waals surface area contributed by atoms with Crippen LogP contribution in [0.2, 0.25) is 0 Å². The molecule has 0 amide bonds. The van der Waals surface area contributed by atoms with Gasteiger partial charge in [-0.3, -0.25) is 4.79 Å². The van der Waals surface area contributed by atoms with Gasteiger partial charge in [0, 0.05) is 0 Å². The number of allylic oxidation sites excluding steroid dienone is 1. The van der Waals surface area contributed by atoms with Gasteiger partial charge in [-0.25, -0.2) is 0 Å². The van der Waals surface area contributed by atoms with Crippen LogP contribution in [0.3, 0.4) is 0 Å². The third-order valence-electron chi connectivity index (χ3n) is 1.76. The third-order valence-corrected chi connectivity index (χ3v) is 1.76. The maximum Gasteiger partial charge on any atom is 0.153 e. The molecule has 0 saturated heterocycles. The summed E-state index contributed by atoms with van der Waals surface area (Å²) in [6.07, 6.45) is 1.40. The highest BCUT2D eigenvalue weighted by Gasteiger charge is 2.00. The third kappa shape index (κ3) is 2.36. The zero-order valence-corrected chi connectivity index (χ0v) is 7.93. The summed E-state index contributed by atoms with van der Waals surface area (Å²) in [6.45, 7) is 2.51. The van der Waals surface area contributed by atoms with Crippen molar-refractivity contribution in [3.63, 3.8) is 0 Å². The molecule has 0 spiro atoms. The monoisotopic (exact) mass is 192 g/mol. The van der Waals surface area contributed by atoms with E-state index in [4.69, 9.17) is 9.84 Å². The standard InChI is InChI=1S/C11H12O3/c1-2-14-11-5-3-9(4-6-11)10(7-12)8-13/h3-8,12H,2H2,1H3/b10-7+. The zero-order valence-electron chi connectivity index (χ0n) is 7.93. The summed E-state index contributed by atoms with van der Waals surface area (Å²) in [4.78, 5) is 10.5. The molecule has 14 heavy (non-hydrogen) atoms. The second-order valence-electron chi connectivity index (χ2n) is 2.66. The molecule has 0 bridgehead atoms. The Morgan fingerprint density at radius 3 is 2.50 bits per heavy atom. The fraction of sp³-hybridized carbons (Fsp3) is 0.182. The molecule has 0 aliphatic rings. The first kappa shape index (κ1) is 10.3. The quantitative estimate of drug-likeness (QED) is 0.452. The van der Waals surface area contributed by atoms with Gasteiger partial charge in [0.15, 0.2) is 6.29 Å². The molecule has 0 heterocycles. The predicted molar refractivity (Wildman–Crippen MR) is 54.3 cm³/mol. The van der Waals surface area contributed by atoms with E-state index in [1.807, 2.05) is 6.92 Å². The number of aliphatic hydroxyl groups is 1. The minimum Gasteiger partial charge on any atom is -0.515 e. The average Bonchev–Trinajstić information content (AvgIpc) is 2.23. The van der Waals surface area contributed by atoms with E-state index in [-0.39, 0.29) is 5.57 Å². The SMILES string of the molecule is CCOc1ccc(/C(C=O)=C/O)cc1. The van der Waals surface area contributed by atoms with Gasteiger partial charge in [0.25, 0.3) is 0 Å². The Bertz CT molecular complexity index is 325. The molecule has 0 radical (unpaired) electrons. The van der Waals surface area contributed by atoms with Crippen LogP contribution < -0.4 is 4.74 Å². The van der Waals surface area contributed by atoms with Crippen LogP contribution in [-0.4, -0.2) is 18.0 Å². The van der Waals surface area contributed by atoms with Crippen molar-refractivity contribution >= 4 is 11.9 Å². The van der Waals surface area contributed by atoms with E-state index in [1.165, 1.54) is 0 Å². The van der Waals surface area contributed by atoms with E-state index < -0.39 is 0 Å². The Morgan fingerprint density at radius 1 is 1.43 bits per heavy atom. The number of rotatable bonds is 4. The van der Waals surface area contributed by atoms with E-state index >= 15 is 0 Å². The van der Waals surface area contributed by atoms with Crippen LogP contribution in [0.4, 0.5) is 0 Å². The van der Waals surface area contributed by atoms with E-state index in [2.05, 4.69) is 0 Å². The van der Waals surface area contributed by atoms with Crippen LogP contribution in [0, 0.1) is 0 Å². The van der Waals surface area contributed by atoms with Gasteiger partial charge in [0.1, 0.15) is 5.75 Å². The molecular weight excluding hydrogens is 180 g/mol. The summed E-state index contributed by atoms with van der Waals surface area (Å²) in [7, 11) is 0. The van der Waals surface area contributed by atoms with E-state index in [1.54, 1.807) is 24.3 Å². The summed E-state index contributed by atoms with van der Waals surface area (Å²) in [5.41, 5.74) is 0.930. The van der Waals surface area contributed by atoms with Gasteiger partial charge in [-0.15, -0.1) is 0 Å². The van der Waals surface area contributed by atoms with Gasteiger partial charge in [-0.05, 0) is 24.6 Å². The molecular formula is C11H12O3. The lowest BCUT2D eigenvalue weighted by molar-refractivity contribution is -0.103. The van der Waals surface area contributed by atoms with Crippen LogP contribution in [0.15, 0.2) is 30.5 Å². The first-order chi connectivity index (χ1) is 6.81. The summed E-state index contributed by atoms with van der Waals surface area (Å²) >= 11 is 0. The molecule has 1 aromatic carbocycles. The maximum atomic E-state index is 10.5. The zero-order chi connectivity index (χ0) is 10.4. The number of benzene rings is 1. The van der Waals surface area contributed by atoms with Crippen molar-refractivity contribution in [2.45, 2.75) is 6.92 Å². The van der Waals surface area contributed by atoms with Crippen molar-refractivity contribution in [1.82, 2.24) is 0 Å². The lowest BCUT2D eigenvalue weighted by atomic mass is 10.1. The summed E-state index contributed by atoms with van der Waals surface area (Å²) in [5, 5.41) is 8.73. The normalized spacial score (nSPS) is 11.1. The van der Waals surface area contributed by atoms with Crippen molar-refractivity contribution in [3.8, 4) is 5.75 Å². The molecule has 3 heteroatoms. The van der Waals surface area contributed by atoms with Gasteiger partial charge in [-0.1, -0.05) is 12.1 Å². The average molecular weight is 192 g/mol. The predicted octanol–water partition coefficient (Wildman–Crippen LogP) is 2.18. The number of hydrogen-bond donors (Lipinski definition) is 1. The summed E-state index contributed by atoms with van der Waals surface area (Å²) in [5.74, 6) is 0.749. The number of hydrogen-bond acceptors (Lipinski definition) is 3. The molecule has 74 valence electrons. The lowest BCUT2D eigenvalue weighted by Gasteiger charge is -2.03. The number of carbonyl (C=O) groups is 1. The number of aliphatic hydroxyl groups excluding tert-OH is 1. The molecule has 3 nitrogen and oxygen atoms in total. The second kappa shape index (κ2) is 5.07. The van der Waals surface area contributed by atoms with Crippen LogP contribution in [0.1, 0.15) is 12.5 Å². The molecule has 0 unspecified atom stereocenters. The molecule has 1 aromatic rings. The minimum atomic E-state index is 0.257. The highest BCUT2D eigenvalue weighted by Crippen LogP contribution is 2.16. The molecule has 0 fully saturated rings. The molecule has 0 aliphatic carbocycles. The Hall–Kier alpha value is -1.77. The highest BCUT2D eigenvalue weighted by molar-refractivity contribution is 6.06. The highest BCUT2D eigenvalue weighted by atomic mass is 16.5. The molecule has 1 rings (SSSR count). The van der Waals surface area contributed by atoms with Crippen molar-refractivity contribution in [3.05, 3.63) is 36.1 Å². The van der Waals surface area contributed by atoms with Crippen molar-refractivity contribution < 1.29 is 14.6 Å². The first-order valence-corrected chi connectivity index (χ1v) is 4.34. The molecule has 0 aliphatic heterocycles. The van der Waals surface area contributed by atoms with Gasteiger partial charge in [0.2, 0.25) is 0 Å². The molecule has 0 saturated carbocycles. The summed E-state index contributed by atoms with van der Waals surface area (Å²) in [6, 6.07) is 6.96. The Balaban J connectivity index is 2.87. The fourth-order valence-corrected chi connectivity index (χ4v) is 1.08. The van der Waals surface area contributed by atoms with Gasteiger partial charge >= 0.3 is 0 Å². The van der Waals surface area contributed by atoms with Crippen LogP contribution in [0.5, 0.6) is 5.75 Å². The topological polar surface area (TPSA) is 46.5 Å². The molecule has 1 N–H and O–H groups in total. The van der Waals surface area contributed by atoms with Gasteiger partial charge in [0.05, 0.1) is 18.4 Å². The Kier molecular flexibility index (Phi) is 3.73. The van der Waals surface area contributed by atoms with E-state index in [0.29, 0.717) is 18.5 Å². The molecule has 0 atom stereocenters. The van der Waals surface area contributed by atoms with Crippen molar-refractivity contribution in [2.75, 3.05) is 6.61 Å². The van der Waals surface area contributed by atoms with Gasteiger partial charge < -0.3 is 9.84 Å². The second-order valence-corrected chi connectivity index (χ2v) is 2.66. The summed E-state index contributed by atoms with van der Waals surface area (Å²) < 4.78 is 5.24. The van der Waals surface area contributed by atoms with E-state index in [0.717, 1.165) is 12.0 Å². The smallest absolute Gasteiger partial charge is 0.153 e. The fourth-order valence-electron chi connectivity index (χ4n) is 1.08. The Morgan fingerprint density at radius 2 is 2.07 bits per heavy atom. The van der Waals surface area contributed by atoms with Gasteiger partial charge in [-0.2, -0.15) is 0 Å². The van der Waals surface area contributed by atoms with Crippen molar-refractivity contribution in [1.29, 1.82) is 0 Å². The molecule has 0 aromatic heterocycles. The number of carbonyl (C=O) groups excluding carboxylic acids is 1. The van der Waals surface area contributed by atoms with Crippen LogP contribution in [0.25, 0.3) is 5.57 Å². The Labute approximate surface area is 82.6 Å². The van der Waals surface area contributed by atoms with E-state index in [9.17, 15) is 4.79 Å². The minimum absolute atomic E-state index is 0.257. The first-order valence-electron chi connectivity index (χ1n) is 4.34. The number of aldehydes is 1. The largest absolute Gasteiger partial charge is 0.515 e. The lowest BCUT2D eigenvalue weighted by Crippen LogP contribution is -1.92. The number of ether oxygens (including phenoxy) is 1. The van der Waals surface area contributed by atoms with Crippen molar-refractivity contribution in [2.24, 2.45) is 0 Å². The van der Waals surface area contributed by atoms with Crippen LogP contribution >= 0.6 is 0 Å².